The highest BCUT2D eigenvalue weighted by Gasteiger charge is 1.92. The van der Waals surface area contributed by atoms with Gasteiger partial charge in [-0.3, -0.25) is 4.68 Å². The molecule has 0 unspecified atom stereocenters. The molecule has 1 aromatic rings. The van der Waals surface area contributed by atoms with E-state index in [0.29, 0.717) is 6.54 Å². The normalized spacial score (nSPS) is 8.67. The van der Waals surface area contributed by atoms with Crippen LogP contribution in [-0.2, 0) is 13.6 Å². The van der Waals surface area contributed by atoms with Gasteiger partial charge in [0.05, 0.1) is 11.9 Å². The van der Waals surface area contributed by atoms with Crippen molar-refractivity contribution >= 4 is 12.4 Å². The Morgan fingerprint density at radius 2 is 2.44 bits per heavy atom. The van der Waals surface area contributed by atoms with Gasteiger partial charge < -0.3 is 5.73 Å². The average molecular weight is 149 g/mol. The predicted molar refractivity (Wildman–Crippen MR) is 36.1 cm³/mol. The van der Waals surface area contributed by atoms with Crippen LogP contribution in [-0.4, -0.2) is 15.0 Å². The minimum atomic E-state index is 0. The van der Waals surface area contributed by atoms with Crippen molar-refractivity contribution in [3.05, 3.63) is 11.9 Å². The molecule has 2 N–H and O–H groups in total. The summed E-state index contributed by atoms with van der Waals surface area (Å²) in [5, 5.41) is 7.30. The predicted octanol–water partition coefficient (Wildman–Crippen LogP) is -0.304. The van der Waals surface area contributed by atoms with E-state index in [4.69, 9.17) is 5.73 Å². The summed E-state index contributed by atoms with van der Waals surface area (Å²) in [6, 6.07) is 0. The third-order valence-electron chi connectivity index (χ3n) is 1.02. The first-order valence-corrected chi connectivity index (χ1v) is 2.38. The first kappa shape index (κ1) is 8.39. The van der Waals surface area contributed by atoms with Crippen LogP contribution >= 0.6 is 12.4 Å². The van der Waals surface area contributed by atoms with Gasteiger partial charge in [-0.1, -0.05) is 5.21 Å². The van der Waals surface area contributed by atoms with Crippen LogP contribution in [0.25, 0.3) is 0 Å². The van der Waals surface area contributed by atoms with Gasteiger partial charge in [0.2, 0.25) is 0 Å². The van der Waals surface area contributed by atoms with E-state index in [9.17, 15) is 0 Å². The fourth-order valence-electron chi connectivity index (χ4n) is 0.496. The topological polar surface area (TPSA) is 56.7 Å². The summed E-state index contributed by atoms with van der Waals surface area (Å²) in [6.45, 7) is 0.503. The highest BCUT2D eigenvalue weighted by Crippen LogP contribution is 1.87. The van der Waals surface area contributed by atoms with Crippen molar-refractivity contribution in [3.63, 3.8) is 0 Å². The van der Waals surface area contributed by atoms with Crippen LogP contribution in [0.1, 0.15) is 5.69 Å². The average Bonchev–Trinajstić information content (AvgIpc) is 2.14. The second kappa shape index (κ2) is 3.42. The molecule has 0 spiro atoms. The van der Waals surface area contributed by atoms with Crippen LogP contribution in [0, 0.1) is 0 Å². The fourth-order valence-corrected chi connectivity index (χ4v) is 0.496. The molecule has 0 bridgehead atoms. The summed E-state index contributed by atoms with van der Waals surface area (Å²) in [7, 11) is 1.81. The van der Waals surface area contributed by atoms with Gasteiger partial charge >= 0.3 is 0 Å². The number of hydrogen-bond acceptors (Lipinski definition) is 3. The van der Waals surface area contributed by atoms with Gasteiger partial charge in [-0.05, 0) is 0 Å². The molecule has 0 aromatic carbocycles. The molecule has 5 heteroatoms. The number of rotatable bonds is 1. The highest BCUT2D eigenvalue weighted by molar-refractivity contribution is 5.85. The van der Waals surface area contributed by atoms with E-state index in [-0.39, 0.29) is 12.4 Å². The third-order valence-corrected chi connectivity index (χ3v) is 1.02. The van der Waals surface area contributed by atoms with E-state index in [1.165, 1.54) is 0 Å². The second-order valence-electron chi connectivity index (χ2n) is 1.55. The van der Waals surface area contributed by atoms with Crippen molar-refractivity contribution in [2.45, 2.75) is 6.54 Å². The summed E-state index contributed by atoms with van der Waals surface area (Å²) >= 11 is 0. The molecule has 0 amide bonds. The Morgan fingerprint density at radius 1 is 1.78 bits per heavy atom. The third kappa shape index (κ3) is 1.65. The number of hydrogen-bond donors (Lipinski definition) is 1. The number of nitrogens with zero attached hydrogens (tertiary/aromatic N) is 3. The minimum absolute atomic E-state index is 0. The van der Waals surface area contributed by atoms with Gasteiger partial charge in [-0.15, -0.1) is 17.5 Å². The van der Waals surface area contributed by atoms with Gasteiger partial charge in [0.1, 0.15) is 0 Å². The summed E-state index contributed by atoms with van der Waals surface area (Å²) in [5.41, 5.74) is 6.24. The Morgan fingerprint density at radius 3 is 2.67 bits per heavy atom. The quantitative estimate of drug-likeness (QED) is 0.595. The van der Waals surface area contributed by atoms with Crippen molar-refractivity contribution in [3.8, 4) is 0 Å². The minimum Gasteiger partial charge on any atom is -0.325 e. The summed E-state index contributed by atoms with van der Waals surface area (Å²) < 4.78 is 1.65. The van der Waals surface area contributed by atoms with Crippen LogP contribution in [0.15, 0.2) is 6.20 Å². The maximum absolute atomic E-state index is 5.29. The van der Waals surface area contributed by atoms with Crippen molar-refractivity contribution < 1.29 is 0 Å². The molecule has 0 radical (unpaired) electrons. The molecule has 0 saturated carbocycles. The van der Waals surface area contributed by atoms with Crippen LogP contribution in [0.4, 0.5) is 0 Å². The van der Waals surface area contributed by atoms with Gasteiger partial charge in [-0.25, -0.2) is 0 Å². The van der Waals surface area contributed by atoms with Crippen LogP contribution in [0.5, 0.6) is 0 Å². The molecule has 1 rings (SSSR count). The van der Waals surface area contributed by atoms with E-state index >= 15 is 0 Å². The van der Waals surface area contributed by atoms with E-state index in [0.717, 1.165) is 5.69 Å². The zero-order valence-corrected chi connectivity index (χ0v) is 5.93. The Balaban J connectivity index is 0.000000640. The molecular weight excluding hydrogens is 140 g/mol. The number of aryl methyl sites for hydroxylation is 1. The fraction of sp³-hybridized carbons (Fsp3) is 0.500. The number of aromatic nitrogens is 3. The Bertz CT molecular complexity index is 173. The van der Waals surface area contributed by atoms with Gasteiger partial charge in [-0.2, -0.15) is 0 Å². The van der Waals surface area contributed by atoms with E-state index in [1.807, 2.05) is 7.05 Å². The molecule has 0 aliphatic carbocycles. The molecule has 4 nitrogen and oxygen atoms in total. The standard InChI is InChI=1S/C4H8N4.ClH/c1-8-4(2-5)3-6-7-8;/h3H,2,5H2,1H3;1H. The maximum Gasteiger partial charge on any atom is 0.0738 e. The molecule has 0 aliphatic rings. The Labute approximate surface area is 59.4 Å². The van der Waals surface area contributed by atoms with Crippen LogP contribution in [0.3, 0.4) is 0 Å². The second-order valence-corrected chi connectivity index (χ2v) is 1.55. The molecular formula is C4H9ClN4. The number of halogens is 1. The monoisotopic (exact) mass is 148 g/mol. The number of nitrogens with two attached hydrogens (primary N) is 1. The lowest BCUT2D eigenvalue weighted by atomic mass is 10.5. The van der Waals surface area contributed by atoms with Crippen molar-refractivity contribution in [1.29, 1.82) is 0 Å². The smallest absolute Gasteiger partial charge is 0.0738 e. The van der Waals surface area contributed by atoms with Gasteiger partial charge in [0, 0.05) is 13.6 Å². The van der Waals surface area contributed by atoms with Gasteiger partial charge in [0.15, 0.2) is 0 Å². The summed E-state index contributed by atoms with van der Waals surface area (Å²) in [4.78, 5) is 0. The van der Waals surface area contributed by atoms with Gasteiger partial charge in [0.25, 0.3) is 0 Å². The maximum atomic E-state index is 5.29. The summed E-state index contributed by atoms with van der Waals surface area (Å²) in [6.07, 6.45) is 1.65. The lowest BCUT2D eigenvalue weighted by Crippen LogP contribution is -2.03. The van der Waals surface area contributed by atoms with Crippen LogP contribution < -0.4 is 5.73 Å². The lowest BCUT2D eigenvalue weighted by molar-refractivity contribution is 0.678. The zero-order valence-electron chi connectivity index (χ0n) is 5.11. The zero-order chi connectivity index (χ0) is 5.98. The van der Waals surface area contributed by atoms with E-state index in [2.05, 4.69) is 10.3 Å². The van der Waals surface area contributed by atoms with Crippen LogP contribution in [0.2, 0.25) is 0 Å². The molecule has 9 heavy (non-hydrogen) atoms. The highest BCUT2D eigenvalue weighted by atomic mass is 35.5. The Kier molecular flexibility index (Phi) is 3.19. The Hall–Kier alpha value is -0.610. The SMILES string of the molecule is Cl.Cn1nncc1CN. The lowest BCUT2D eigenvalue weighted by Gasteiger charge is -1.90. The first-order valence-electron chi connectivity index (χ1n) is 2.38. The van der Waals surface area contributed by atoms with Crippen molar-refractivity contribution in [2.24, 2.45) is 12.8 Å². The van der Waals surface area contributed by atoms with E-state index < -0.39 is 0 Å². The molecule has 0 fully saturated rings. The molecule has 0 atom stereocenters. The molecule has 1 heterocycles. The largest absolute Gasteiger partial charge is 0.325 e. The molecule has 0 saturated heterocycles. The molecule has 1 aromatic heterocycles. The molecule has 52 valence electrons. The first-order chi connectivity index (χ1) is 3.84. The van der Waals surface area contributed by atoms with Crippen molar-refractivity contribution in [1.82, 2.24) is 15.0 Å². The van der Waals surface area contributed by atoms with E-state index in [1.54, 1.807) is 10.9 Å². The summed E-state index contributed by atoms with van der Waals surface area (Å²) in [5.74, 6) is 0. The molecule has 0 aliphatic heterocycles. The van der Waals surface area contributed by atoms with Crippen molar-refractivity contribution in [2.75, 3.05) is 0 Å².